The summed E-state index contributed by atoms with van der Waals surface area (Å²) in [4.78, 5) is 3.97. The topological polar surface area (TPSA) is 33.1 Å². The normalized spacial score (nSPS) is 12.4. The van der Waals surface area contributed by atoms with Crippen LogP contribution < -0.4 is 0 Å². The van der Waals surface area contributed by atoms with Crippen LogP contribution in [0, 0.1) is 5.92 Å². The first-order valence-electron chi connectivity index (χ1n) is 6.12. The summed E-state index contributed by atoms with van der Waals surface area (Å²) in [6, 6.07) is 10.1. The van der Waals surface area contributed by atoms with E-state index in [9.17, 15) is 5.11 Å². The summed E-state index contributed by atoms with van der Waals surface area (Å²) in [7, 11) is 0. The molecule has 1 atom stereocenters. The van der Waals surface area contributed by atoms with Gasteiger partial charge in [0, 0.05) is 23.5 Å². The van der Waals surface area contributed by atoms with Gasteiger partial charge in [-0.15, -0.1) is 0 Å². The maximum Gasteiger partial charge on any atom is 0.0621 e. The fourth-order valence-corrected chi connectivity index (χ4v) is 2.50. The number of hydrogen-bond acceptors (Lipinski definition) is 2. The predicted molar refractivity (Wildman–Crippen MR) is 81.4 cm³/mol. The van der Waals surface area contributed by atoms with Gasteiger partial charge in [-0.2, -0.15) is 0 Å². The van der Waals surface area contributed by atoms with E-state index in [0.29, 0.717) is 5.02 Å². The number of pyridine rings is 1. The van der Waals surface area contributed by atoms with Crippen LogP contribution in [-0.2, 0) is 12.8 Å². The van der Waals surface area contributed by atoms with Crippen LogP contribution in [0.25, 0.3) is 0 Å². The highest BCUT2D eigenvalue weighted by Crippen LogP contribution is 2.21. The molecule has 19 heavy (non-hydrogen) atoms. The molecule has 0 bridgehead atoms. The van der Waals surface area contributed by atoms with E-state index < -0.39 is 0 Å². The van der Waals surface area contributed by atoms with E-state index in [-0.39, 0.29) is 12.5 Å². The Morgan fingerprint density at radius 3 is 2.53 bits per heavy atom. The van der Waals surface area contributed by atoms with Crippen LogP contribution in [0.4, 0.5) is 0 Å². The van der Waals surface area contributed by atoms with E-state index in [4.69, 9.17) is 11.6 Å². The quantitative estimate of drug-likeness (QED) is 0.895. The van der Waals surface area contributed by atoms with Crippen LogP contribution in [-0.4, -0.2) is 16.7 Å². The molecule has 0 radical (unpaired) electrons. The highest BCUT2D eigenvalue weighted by atomic mass is 79.9. The second-order valence-corrected chi connectivity index (χ2v) is 5.87. The maximum atomic E-state index is 9.53. The number of benzene rings is 1. The van der Waals surface area contributed by atoms with Crippen molar-refractivity contribution < 1.29 is 5.11 Å². The Labute approximate surface area is 126 Å². The Bertz CT molecular complexity index is 530. The molecule has 100 valence electrons. The molecule has 0 saturated heterocycles. The fourth-order valence-electron chi connectivity index (χ4n) is 2.04. The van der Waals surface area contributed by atoms with Crippen LogP contribution in [0.2, 0.25) is 5.02 Å². The van der Waals surface area contributed by atoms with Crippen molar-refractivity contribution in [2.24, 2.45) is 5.92 Å². The van der Waals surface area contributed by atoms with Crippen molar-refractivity contribution in [3.05, 3.63) is 63.3 Å². The van der Waals surface area contributed by atoms with Crippen molar-refractivity contribution in [2.45, 2.75) is 12.8 Å². The molecule has 0 fully saturated rings. The lowest BCUT2D eigenvalue weighted by atomic mass is 9.94. The molecular formula is C15H15BrClNO. The first kappa shape index (κ1) is 14.5. The minimum atomic E-state index is 0.148. The molecule has 2 rings (SSSR count). The Balaban J connectivity index is 2.05. The second-order valence-electron chi connectivity index (χ2n) is 4.55. The molecule has 4 heteroatoms. The Kier molecular flexibility index (Phi) is 5.37. The summed E-state index contributed by atoms with van der Waals surface area (Å²) in [5.74, 6) is 0.168. The maximum absolute atomic E-state index is 9.53. The molecule has 0 spiro atoms. The molecule has 1 unspecified atom stereocenters. The van der Waals surface area contributed by atoms with Gasteiger partial charge in [0.15, 0.2) is 0 Å². The minimum Gasteiger partial charge on any atom is -0.396 e. The summed E-state index contributed by atoms with van der Waals surface area (Å²) in [6.07, 6.45) is 4.97. The van der Waals surface area contributed by atoms with E-state index in [1.165, 1.54) is 5.56 Å². The molecule has 1 aromatic heterocycles. The number of nitrogens with zero attached hydrogens (tertiary/aromatic N) is 1. The van der Waals surface area contributed by atoms with Gasteiger partial charge in [0.05, 0.1) is 5.02 Å². The smallest absolute Gasteiger partial charge is 0.0621 e. The van der Waals surface area contributed by atoms with Crippen molar-refractivity contribution in [2.75, 3.05) is 6.61 Å². The molecule has 1 aromatic carbocycles. The van der Waals surface area contributed by atoms with Crippen LogP contribution in [0.5, 0.6) is 0 Å². The molecule has 0 aliphatic rings. The zero-order valence-corrected chi connectivity index (χ0v) is 12.7. The Morgan fingerprint density at radius 2 is 1.89 bits per heavy atom. The number of hydrogen-bond donors (Lipinski definition) is 1. The van der Waals surface area contributed by atoms with Gasteiger partial charge in [-0.05, 0) is 48.1 Å². The summed E-state index contributed by atoms with van der Waals surface area (Å²) in [5.41, 5.74) is 2.25. The summed E-state index contributed by atoms with van der Waals surface area (Å²) in [6.45, 7) is 0.148. The number of aromatic nitrogens is 1. The molecule has 2 nitrogen and oxygen atoms in total. The van der Waals surface area contributed by atoms with Crippen LogP contribution in [0.1, 0.15) is 11.1 Å². The van der Waals surface area contributed by atoms with E-state index in [0.717, 1.165) is 22.9 Å². The average Bonchev–Trinajstić information content (AvgIpc) is 2.43. The van der Waals surface area contributed by atoms with Crippen molar-refractivity contribution >= 4 is 27.5 Å². The highest BCUT2D eigenvalue weighted by Gasteiger charge is 2.12. The summed E-state index contributed by atoms with van der Waals surface area (Å²) in [5, 5.41) is 10.2. The van der Waals surface area contributed by atoms with E-state index >= 15 is 0 Å². The van der Waals surface area contributed by atoms with E-state index in [1.807, 2.05) is 18.2 Å². The summed E-state index contributed by atoms with van der Waals surface area (Å²) < 4.78 is 1.06. The third-order valence-corrected chi connectivity index (χ3v) is 3.93. The number of aliphatic hydroxyl groups excluding tert-OH is 1. The zero-order valence-electron chi connectivity index (χ0n) is 10.4. The van der Waals surface area contributed by atoms with Crippen molar-refractivity contribution in [1.82, 2.24) is 4.98 Å². The van der Waals surface area contributed by atoms with Gasteiger partial charge >= 0.3 is 0 Å². The average molecular weight is 341 g/mol. The van der Waals surface area contributed by atoms with Crippen molar-refractivity contribution in [3.8, 4) is 0 Å². The predicted octanol–water partition coefficient (Wildman–Crippen LogP) is 3.89. The number of halogens is 2. The summed E-state index contributed by atoms with van der Waals surface area (Å²) >= 11 is 9.52. The lowest BCUT2D eigenvalue weighted by Gasteiger charge is -2.15. The molecule has 0 aliphatic heterocycles. The monoisotopic (exact) mass is 339 g/mol. The molecular weight excluding hydrogens is 326 g/mol. The molecule has 0 amide bonds. The highest BCUT2D eigenvalue weighted by molar-refractivity contribution is 9.10. The Hall–Kier alpha value is -0.900. The number of rotatable bonds is 5. The van der Waals surface area contributed by atoms with Crippen molar-refractivity contribution in [3.63, 3.8) is 0 Å². The van der Waals surface area contributed by atoms with Crippen LogP contribution in [0.15, 0.2) is 47.2 Å². The molecule has 0 aliphatic carbocycles. The minimum absolute atomic E-state index is 0.148. The second kappa shape index (κ2) is 7.04. The molecule has 1 N–H and O–H groups in total. The first-order valence-corrected chi connectivity index (χ1v) is 7.30. The zero-order chi connectivity index (χ0) is 13.7. The van der Waals surface area contributed by atoms with Crippen LogP contribution >= 0.6 is 27.5 Å². The molecule has 2 aromatic rings. The fraction of sp³-hybridized carbons (Fsp3) is 0.267. The molecule has 0 saturated carbocycles. The van der Waals surface area contributed by atoms with E-state index in [1.54, 1.807) is 12.4 Å². The van der Waals surface area contributed by atoms with Gasteiger partial charge in [-0.1, -0.05) is 39.7 Å². The van der Waals surface area contributed by atoms with Gasteiger partial charge in [0.2, 0.25) is 0 Å². The first-order chi connectivity index (χ1) is 9.19. The lowest BCUT2D eigenvalue weighted by molar-refractivity contribution is 0.225. The largest absolute Gasteiger partial charge is 0.396 e. The number of aliphatic hydroxyl groups is 1. The van der Waals surface area contributed by atoms with Crippen molar-refractivity contribution in [1.29, 1.82) is 0 Å². The van der Waals surface area contributed by atoms with Gasteiger partial charge in [0.1, 0.15) is 0 Å². The Morgan fingerprint density at radius 1 is 1.16 bits per heavy atom. The molecule has 1 heterocycles. The standard InChI is InChI=1S/C15H15BrClNO/c16-14-3-1-11(2-4-14)7-12(10-19)8-13-5-6-18-9-15(13)17/h1-6,9,12,19H,7-8,10H2. The van der Waals surface area contributed by atoms with Gasteiger partial charge in [-0.3, -0.25) is 4.98 Å². The lowest BCUT2D eigenvalue weighted by Crippen LogP contribution is -2.13. The van der Waals surface area contributed by atoms with Gasteiger partial charge < -0.3 is 5.11 Å². The van der Waals surface area contributed by atoms with Gasteiger partial charge in [0.25, 0.3) is 0 Å². The van der Waals surface area contributed by atoms with E-state index in [2.05, 4.69) is 33.0 Å². The third-order valence-electron chi connectivity index (χ3n) is 3.06. The SMILES string of the molecule is OCC(Cc1ccc(Br)cc1)Cc1ccncc1Cl. The van der Waals surface area contributed by atoms with Gasteiger partial charge in [-0.25, -0.2) is 0 Å². The van der Waals surface area contributed by atoms with Crippen LogP contribution in [0.3, 0.4) is 0 Å². The third kappa shape index (κ3) is 4.30.